The second-order valence-corrected chi connectivity index (χ2v) is 6.35. The number of ether oxygens (including phenoxy) is 1. The van der Waals surface area contributed by atoms with Gasteiger partial charge in [0.05, 0.1) is 6.10 Å². The van der Waals surface area contributed by atoms with Crippen LogP contribution in [0.2, 0.25) is 0 Å². The highest BCUT2D eigenvalue weighted by Gasteiger charge is 2.35. The average molecular weight is 290 g/mol. The molecule has 0 bridgehead atoms. The van der Waals surface area contributed by atoms with E-state index in [4.69, 9.17) is 4.74 Å². The highest BCUT2D eigenvalue weighted by molar-refractivity contribution is 5.36. The lowest BCUT2D eigenvalue weighted by atomic mass is 10.2. The third kappa shape index (κ3) is 3.19. The fourth-order valence-electron chi connectivity index (χ4n) is 3.38. The molecule has 2 aliphatic rings. The third-order valence-electron chi connectivity index (χ3n) is 4.85. The van der Waals surface area contributed by atoms with Crippen LogP contribution in [0.3, 0.4) is 0 Å². The third-order valence-corrected chi connectivity index (χ3v) is 4.85. The minimum atomic E-state index is 0.294. The summed E-state index contributed by atoms with van der Waals surface area (Å²) >= 11 is 0. The Morgan fingerprint density at radius 1 is 1.29 bits per heavy atom. The van der Waals surface area contributed by atoms with E-state index in [0.29, 0.717) is 12.1 Å². The van der Waals surface area contributed by atoms with E-state index in [0.717, 1.165) is 36.7 Å². The van der Waals surface area contributed by atoms with Gasteiger partial charge in [-0.15, -0.1) is 0 Å². The quantitative estimate of drug-likeness (QED) is 0.845. The van der Waals surface area contributed by atoms with Crippen molar-refractivity contribution in [3.05, 3.63) is 17.5 Å². The van der Waals surface area contributed by atoms with E-state index in [1.54, 1.807) is 0 Å². The lowest BCUT2D eigenvalue weighted by molar-refractivity contribution is 0.116. The summed E-state index contributed by atoms with van der Waals surface area (Å²) in [5.41, 5.74) is 2.22. The summed E-state index contributed by atoms with van der Waals surface area (Å²) in [7, 11) is 1.81. The van der Waals surface area contributed by atoms with Crippen LogP contribution in [0.4, 0.5) is 5.95 Å². The fourth-order valence-corrected chi connectivity index (χ4v) is 3.38. The van der Waals surface area contributed by atoms with Gasteiger partial charge in [-0.05, 0) is 51.8 Å². The molecule has 0 aromatic carbocycles. The number of aryl methyl sites for hydroxylation is 2. The summed E-state index contributed by atoms with van der Waals surface area (Å²) < 4.78 is 5.60. The number of likely N-dealkylation sites (tertiary alicyclic amines) is 1. The van der Waals surface area contributed by atoms with Crippen LogP contribution >= 0.6 is 0 Å². The summed E-state index contributed by atoms with van der Waals surface area (Å²) in [4.78, 5) is 14.2. The van der Waals surface area contributed by atoms with Gasteiger partial charge < -0.3 is 14.5 Å². The van der Waals surface area contributed by atoms with Gasteiger partial charge in [-0.25, -0.2) is 9.97 Å². The predicted octanol–water partition coefficient (Wildman–Crippen LogP) is 1.78. The summed E-state index contributed by atoms with van der Waals surface area (Å²) in [5, 5.41) is 0. The van der Waals surface area contributed by atoms with Crippen molar-refractivity contribution in [3.8, 4) is 0 Å². The van der Waals surface area contributed by atoms with Gasteiger partial charge in [0.1, 0.15) is 0 Å². The second-order valence-electron chi connectivity index (χ2n) is 6.35. The fraction of sp³-hybridized carbons (Fsp3) is 0.750. The number of methoxy groups -OCH3 is 1. The minimum Gasteiger partial charge on any atom is -0.380 e. The number of hydrogen-bond acceptors (Lipinski definition) is 5. The molecule has 3 rings (SSSR count). The molecule has 0 spiro atoms. The zero-order chi connectivity index (χ0) is 14.8. The van der Waals surface area contributed by atoms with Crippen molar-refractivity contribution in [2.75, 3.05) is 38.2 Å². The highest BCUT2D eigenvalue weighted by atomic mass is 16.5. The van der Waals surface area contributed by atoms with Crippen molar-refractivity contribution in [3.63, 3.8) is 0 Å². The number of aromatic nitrogens is 2. The van der Waals surface area contributed by atoms with E-state index >= 15 is 0 Å². The first-order valence-electron chi connectivity index (χ1n) is 7.99. The van der Waals surface area contributed by atoms with Crippen LogP contribution in [-0.4, -0.2) is 60.3 Å². The number of hydrogen-bond donors (Lipinski definition) is 0. The Morgan fingerprint density at radius 3 is 2.71 bits per heavy atom. The predicted molar refractivity (Wildman–Crippen MR) is 83.7 cm³/mol. The molecule has 21 heavy (non-hydrogen) atoms. The van der Waals surface area contributed by atoms with Crippen molar-refractivity contribution in [1.29, 1.82) is 0 Å². The van der Waals surface area contributed by atoms with Crippen LogP contribution in [0.15, 0.2) is 6.20 Å². The number of rotatable bonds is 4. The zero-order valence-corrected chi connectivity index (χ0v) is 13.4. The normalized spacial score (nSPS) is 26.7. The van der Waals surface area contributed by atoms with Crippen LogP contribution in [-0.2, 0) is 4.74 Å². The topological polar surface area (TPSA) is 41.5 Å². The van der Waals surface area contributed by atoms with E-state index < -0.39 is 0 Å². The molecule has 2 atom stereocenters. The van der Waals surface area contributed by atoms with Crippen molar-refractivity contribution in [1.82, 2.24) is 14.9 Å². The van der Waals surface area contributed by atoms with Gasteiger partial charge in [0.25, 0.3) is 0 Å². The molecule has 2 saturated heterocycles. The molecular formula is C16H26N4O. The van der Waals surface area contributed by atoms with E-state index in [-0.39, 0.29) is 0 Å². The average Bonchev–Trinajstić information content (AvgIpc) is 3.12. The summed E-state index contributed by atoms with van der Waals surface area (Å²) in [6, 6.07) is 0.468. The molecule has 2 aliphatic heterocycles. The van der Waals surface area contributed by atoms with E-state index in [1.165, 1.54) is 25.9 Å². The van der Waals surface area contributed by atoms with E-state index in [9.17, 15) is 0 Å². The second kappa shape index (κ2) is 6.28. The minimum absolute atomic E-state index is 0.294. The van der Waals surface area contributed by atoms with Crippen LogP contribution in [0, 0.1) is 13.8 Å². The standard InChI is InChI=1S/C16H26N4O/c1-12-9-17-16(18-13(12)2)20-11-15(21-3)8-14(20)10-19-6-4-5-7-19/h9,14-15H,4-8,10-11H2,1-3H3/t14-,15-/m0/s1. The summed E-state index contributed by atoms with van der Waals surface area (Å²) in [6.45, 7) is 8.59. The van der Waals surface area contributed by atoms with Crippen LogP contribution in [0.5, 0.6) is 0 Å². The molecule has 5 nitrogen and oxygen atoms in total. The first kappa shape index (κ1) is 14.7. The maximum absolute atomic E-state index is 5.60. The Kier molecular flexibility index (Phi) is 4.40. The van der Waals surface area contributed by atoms with Gasteiger partial charge >= 0.3 is 0 Å². The molecule has 0 amide bonds. The molecule has 5 heteroatoms. The van der Waals surface area contributed by atoms with Gasteiger partial charge in [-0.2, -0.15) is 0 Å². The Labute approximate surface area is 127 Å². The number of anilines is 1. The van der Waals surface area contributed by atoms with Crippen LogP contribution in [0.1, 0.15) is 30.5 Å². The van der Waals surface area contributed by atoms with Gasteiger partial charge in [-0.3, -0.25) is 0 Å². The molecular weight excluding hydrogens is 264 g/mol. The Bertz CT molecular complexity index is 487. The van der Waals surface area contributed by atoms with Gasteiger partial charge in [0, 0.05) is 38.1 Å². The first-order chi connectivity index (χ1) is 10.2. The highest BCUT2D eigenvalue weighted by Crippen LogP contribution is 2.26. The maximum atomic E-state index is 5.60. The van der Waals surface area contributed by atoms with Crippen molar-refractivity contribution >= 4 is 5.95 Å². The smallest absolute Gasteiger partial charge is 0.225 e. The summed E-state index contributed by atoms with van der Waals surface area (Å²) in [5.74, 6) is 0.863. The molecule has 3 heterocycles. The van der Waals surface area contributed by atoms with Gasteiger partial charge in [-0.1, -0.05) is 0 Å². The molecule has 0 N–H and O–H groups in total. The molecule has 1 aromatic heterocycles. The molecule has 116 valence electrons. The summed E-state index contributed by atoms with van der Waals surface area (Å²) in [6.07, 6.45) is 5.97. The molecule has 0 saturated carbocycles. The van der Waals surface area contributed by atoms with Crippen LogP contribution < -0.4 is 4.90 Å². The van der Waals surface area contributed by atoms with E-state index in [1.807, 2.05) is 13.3 Å². The molecule has 2 fully saturated rings. The molecule has 0 aliphatic carbocycles. The van der Waals surface area contributed by atoms with Crippen LogP contribution in [0.25, 0.3) is 0 Å². The number of nitrogens with zero attached hydrogens (tertiary/aromatic N) is 4. The lowest BCUT2D eigenvalue weighted by Gasteiger charge is -2.28. The Balaban J connectivity index is 1.77. The SMILES string of the molecule is CO[C@H]1C[C@@H](CN2CCCC2)N(c2ncc(C)c(C)n2)C1. The van der Waals surface area contributed by atoms with Crippen molar-refractivity contribution in [2.45, 2.75) is 45.3 Å². The van der Waals surface area contributed by atoms with Crippen molar-refractivity contribution < 1.29 is 4.74 Å². The van der Waals surface area contributed by atoms with Gasteiger partial charge in [0.15, 0.2) is 0 Å². The van der Waals surface area contributed by atoms with Gasteiger partial charge in [0.2, 0.25) is 5.95 Å². The van der Waals surface area contributed by atoms with Crippen molar-refractivity contribution in [2.24, 2.45) is 0 Å². The first-order valence-corrected chi connectivity index (χ1v) is 7.99. The Hall–Kier alpha value is -1.20. The molecule has 0 radical (unpaired) electrons. The molecule has 0 unspecified atom stereocenters. The van der Waals surface area contributed by atoms with E-state index in [2.05, 4.69) is 33.6 Å². The molecule has 1 aromatic rings. The monoisotopic (exact) mass is 290 g/mol. The maximum Gasteiger partial charge on any atom is 0.225 e. The lowest BCUT2D eigenvalue weighted by Crippen LogP contribution is -2.40. The largest absolute Gasteiger partial charge is 0.380 e. The zero-order valence-electron chi connectivity index (χ0n) is 13.4. The Morgan fingerprint density at radius 2 is 2.05 bits per heavy atom.